The minimum Gasteiger partial charge on any atom is -0.293 e. The Morgan fingerprint density at radius 2 is 2.20 bits per heavy atom. The van der Waals surface area contributed by atoms with Crippen LogP contribution in [0, 0.1) is 0 Å². The minimum atomic E-state index is -3.70. The monoisotopic (exact) mass is 327 g/mol. The molecule has 1 aromatic heterocycles. The van der Waals surface area contributed by atoms with Crippen LogP contribution in [-0.2, 0) is 10.0 Å². The highest BCUT2D eigenvalue weighted by Crippen LogP contribution is 2.40. The lowest BCUT2D eigenvalue weighted by molar-refractivity contribution is 0.0993. The van der Waals surface area contributed by atoms with Gasteiger partial charge in [0.1, 0.15) is 4.21 Å². The van der Waals surface area contributed by atoms with E-state index in [0.29, 0.717) is 11.3 Å². The van der Waals surface area contributed by atoms with Crippen LogP contribution in [-0.4, -0.2) is 24.8 Å². The summed E-state index contributed by atoms with van der Waals surface area (Å²) >= 11 is 5.76. The van der Waals surface area contributed by atoms with Crippen LogP contribution in [0.1, 0.15) is 10.4 Å². The Balaban J connectivity index is 2.54. The first kappa shape index (κ1) is 11.6. The van der Waals surface area contributed by atoms with Gasteiger partial charge in [-0.05, 0) is 6.07 Å². The first-order valence-corrected chi connectivity index (χ1v) is 8.13. The Morgan fingerprint density at radius 3 is 2.80 bits per heavy atom. The third kappa shape index (κ3) is 2.14. The quantitative estimate of drug-likeness (QED) is 0.792. The van der Waals surface area contributed by atoms with Crippen molar-refractivity contribution >= 4 is 54.8 Å². The molecule has 1 aliphatic rings. The van der Waals surface area contributed by atoms with E-state index in [1.54, 1.807) is 0 Å². The van der Waals surface area contributed by atoms with E-state index in [0.717, 1.165) is 15.5 Å². The van der Waals surface area contributed by atoms with Crippen molar-refractivity contribution < 1.29 is 13.2 Å². The van der Waals surface area contributed by atoms with Gasteiger partial charge in [-0.25, -0.2) is 13.6 Å². The highest BCUT2D eigenvalue weighted by molar-refractivity contribution is 9.10. The van der Waals surface area contributed by atoms with Crippen molar-refractivity contribution in [2.75, 3.05) is 5.75 Å². The zero-order valence-electron chi connectivity index (χ0n) is 7.27. The summed E-state index contributed by atoms with van der Waals surface area (Å²) in [5.41, 5.74) is 0.460. The summed E-state index contributed by atoms with van der Waals surface area (Å²) in [7, 11) is -3.70. The number of sulfonamides is 1. The topological polar surface area (TPSA) is 77.2 Å². The number of nitrogens with two attached hydrogens (primary N) is 1. The Hall–Kier alpha value is 0.110. The summed E-state index contributed by atoms with van der Waals surface area (Å²) in [6, 6.07) is 1.36. The first-order valence-electron chi connectivity index (χ1n) is 3.87. The van der Waals surface area contributed by atoms with Gasteiger partial charge in [-0.1, -0.05) is 15.9 Å². The number of carbonyl (C=O) groups excluding carboxylic acids is 1. The molecule has 2 heterocycles. The normalized spacial score (nSPS) is 21.5. The second-order valence-electron chi connectivity index (χ2n) is 2.95. The minimum absolute atomic E-state index is 0.0509. The van der Waals surface area contributed by atoms with E-state index < -0.39 is 10.0 Å². The van der Waals surface area contributed by atoms with Crippen molar-refractivity contribution in [3.05, 3.63) is 11.6 Å². The number of thiophene rings is 1. The molecule has 0 amide bonds. The molecular formula is C7H6BrNO3S3. The van der Waals surface area contributed by atoms with Crippen molar-refractivity contribution in [3.8, 4) is 0 Å². The van der Waals surface area contributed by atoms with E-state index in [1.165, 1.54) is 17.8 Å². The van der Waals surface area contributed by atoms with Gasteiger partial charge in [-0.15, -0.1) is 23.1 Å². The summed E-state index contributed by atoms with van der Waals surface area (Å²) in [6.45, 7) is 0. The molecule has 0 radical (unpaired) electrons. The molecule has 0 saturated heterocycles. The van der Waals surface area contributed by atoms with Gasteiger partial charge in [0, 0.05) is 11.3 Å². The predicted octanol–water partition coefficient (Wildman–Crippen LogP) is 1.45. The number of halogens is 1. The fourth-order valence-electron chi connectivity index (χ4n) is 1.16. The van der Waals surface area contributed by atoms with Crippen molar-refractivity contribution in [3.63, 3.8) is 0 Å². The number of ketones is 1. The molecule has 2 rings (SSSR count). The van der Waals surface area contributed by atoms with E-state index in [1.807, 2.05) is 0 Å². The highest BCUT2D eigenvalue weighted by Gasteiger charge is 2.29. The van der Waals surface area contributed by atoms with Crippen LogP contribution in [0.5, 0.6) is 0 Å². The van der Waals surface area contributed by atoms with Gasteiger partial charge in [-0.3, -0.25) is 4.79 Å². The van der Waals surface area contributed by atoms with E-state index in [9.17, 15) is 13.2 Å². The van der Waals surface area contributed by atoms with Gasteiger partial charge in [0.2, 0.25) is 10.0 Å². The fraction of sp³-hybridized carbons (Fsp3) is 0.286. The van der Waals surface area contributed by atoms with Gasteiger partial charge < -0.3 is 0 Å². The van der Waals surface area contributed by atoms with Gasteiger partial charge in [0.25, 0.3) is 0 Å². The number of fused-ring (bicyclic) bond motifs is 1. The second-order valence-corrected chi connectivity index (χ2v) is 8.19. The number of hydrogen-bond donors (Lipinski definition) is 1. The Labute approximate surface area is 103 Å². The van der Waals surface area contributed by atoms with Crippen LogP contribution in [0.15, 0.2) is 14.5 Å². The molecule has 4 nitrogen and oxygen atoms in total. The van der Waals surface area contributed by atoms with Crippen LogP contribution in [0.2, 0.25) is 0 Å². The molecule has 0 saturated carbocycles. The summed E-state index contributed by atoms with van der Waals surface area (Å²) in [5, 5.41) is 5.00. The molecule has 82 valence electrons. The summed E-state index contributed by atoms with van der Waals surface area (Å²) in [5.74, 6) is 0.547. The maximum atomic E-state index is 11.7. The maximum absolute atomic E-state index is 11.7. The largest absolute Gasteiger partial charge is 0.293 e. The number of carbonyl (C=O) groups is 1. The molecule has 15 heavy (non-hydrogen) atoms. The molecule has 1 unspecified atom stereocenters. The van der Waals surface area contributed by atoms with Crippen molar-refractivity contribution in [2.45, 2.75) is 13.2 Å². The lowest BCUT2D eigenvalue weighted by atomic mass is 10.2. The Morgan fingerprint density at radius 1 is 1.53 bits per heavy atom. The highest BCUT2D eigenvalue weighted by atomic mass is 79.9. The zero-order valence-corrected chi connectivity index (χ0v) is 11.3. The van der Waals surface area contributed by atoms with Crippen LogP contribution in [0.3, 0.4) is 0 Å². The van der Waals surface area contributed by atoms with E-state index in [-0.39, 0.29) is 14.8 Å². The van der Waals surface area contributed by atoms with Crippen molar-refractivity contribution in [1.29, 1.82) is 0 Å². The fourth-order valence-corrected chi connectivity index (χ4v) is 5.07. The molecule has 0 aliphatic carbocycles. The van der Waals surface area contributed by atoms with E-state index in [2.05, 4.69) is 15.9 Å². The average molecular weight is 328 g/mol. The summed E-state index contributed by atoms with van der Waals surface area (Å²) in [4.78, 5) is 11.4. The van der Waals surface area contributed by atoms with Gasteiger partial charge in [-0.2, -0.15) is 0 Å². The van der Waals surface area contributed by atoms with Gasteiger partial charge in [0.15, 0.2) is 5.78 Å². The van der Waals surface area contributed by atoms with Crippen molar-refractivity contribution in [1.82, 2.24) is 0 Å². The smallest absolute Gasteiger partial charge is 0.247 e. The number of rotatable bonds is 1. The average Bonchev–Trinajstić information content (AvgIpc) is 2.55. The lowest BCUT2D eigenvalue weighted by Gasteiger charge is -2.13. The molecule has 0 bridgehead atoms. The standard InChI is InChI=1S/C7H6BrNO3S3/c8-4-2-13-7-3(6(4)10)1-5(14-7)15(9,11)12/h1,4H,2H2,(H2,9,11,12). The second kappa shape index (κ2) is 3.85. The molecule has 0 aromatic carbocycles. The molecule has 1 aliphatic heterocycles. The molecule has 2 N–H and O–H groups in total. The SMILES string of the molecule is NS(=O)(=O)c1cc2c(s1)SCC(Br)C2=O. The number of primary sulfonamides is 1. The molecular weight excluding hydrogens is 322 g/mol. The predicted molar refractivity (Wildman–Crippen MR) is 63.5 cm³/mol. The van der Waals surface area contributed by atoms with Crippen LogP contribution in [0.25, 0.3) is 0 Å². The van der Waals surface area contributed by atoms with Crippen LogP contribution >= 0.6 is 39.0 Å². The molecule has 1 atom stereocenters. The van der Waals surface area contributed by atoms with Crippen LogP contribution in [0.4, 0.5) is 0 Å². The third-order valence-electron chi connectivity index (χ3n) is 1.87. The summed E-state index contributed by atoms with van der Waals surface area (Å²) in [6.07, 6.45) is 0. The van der Waals surface area contributed by atoms with Gasteiger partial charge >= 0.3 is 0 Å². The molecule has 0 spiro atoms. The maximum Gasteiger partial charge on any atom is 0.247 e. The van der Waals surface area contributed by atoms with E-state index >= 15 is 0 Å². The third-order valence-corrected chi connectivity index (χ3v) is 6.97. The summed E-state index contributed by atoms with van der Waals surface area (Å²) < 4.78 is 23.0. The molecule has 1 aromatic rings. The Kier molecular flexibility index (Phi) is 2.97. The zero-order chi connectivity index (χ0) is 11.2. The van der Waals surface area contributed by atoms with Crippen molar-refractivity contribution in [2.24, 2.45) is 5.14 Å². The number of hydrogen-bond acceptors (Lipinski definition) is 5. The Bertz CT molecular complexity index is 522. The van der Waals surface area contributed by atoms with Gasteiger partial charge in [0.05, 0.1) is 9.04 Å². The number of Topliss-reactive ketones (excluding diaryl/α,β-unsaturated/α-hetero) is 1. The lowest BCUT2D eigenvalue weighted by Crippen LogP contribution is -2.20. The number of alkyl halides is 1. The van der Waals surface area contributed by atoms with Crippen LogP contribution < -0.4 is 5.14 Å². The van der Waals surface area contributed by atoms with E-state index in [4.69, 9.17) is 5.14 Å². The molecule has 0 fully saturated rings. The number of thioether (sulfide) groups is 1. The first-order chi connectivity index (χ1) is 6.89. The molecule has 8 heteroatoms.